The summed E-state index contributed by atoms with van der Waals surface area (Å²) >= 11 is 0. The van der Waals surface area contributed by atoms with Crippen molar-refractivity contribution in [2.75, 3.05) is 0 Å². The minimum absolute atomic E-state index is 0.00876. The Morgan fingerprint density at radius 3 is 2.37 bits per heavy atom. The van der Waals surface area contributed by atoms with Crippen molar-refractivity contribution >= 4 is 5.78 Å². The number of allylic oxidation sites excluding steroid dienone is 1. The molecule has 0 spiro atoms. The Balaban J connectivity index is 2.74. The maximum atomic E-state index is 11.9. The number of aliphatic hydroxyl groups excluding tert-OH is 1. The summed E-state index contributed by atoms with van der Waals surface area (Å²) in [7, 11) is 0. The quantitative estimate of drug-likeness (QED) is 0.665. The normalized spacial score (nSPS) is 25.2. The third-order valence-corrected chi connectivity index (χ3v) is 4.24. The second-order valence-corrected chi connectivity index (χ2v) is 5.55. The maximum Gasteiger partial charge on any atom is 0.162 e. The molecule has 0 aliphatic heterocycles. The fourth-order valence-corrected chi connectivity index (χ4v) is 3.14. The Morgan fingerprint density at radius 2 is 1.84 bits per heavy atom. The molecule has 3 heteroatoms. The molecular weight excluding hydrogens is 240 g/mol. The predicted molar refractivity (Wildman–Crippen MR) is 76.9 cm³/mol. The Labute approximate surface area is 116 Å². The molecule has 0 aromatic carbocycles. The number of ketones is 1. The molecule has 0 saturated carbocycles. The van der Waals surface area contributed by atoms with E-state index in [1.54, 1.807) is 0 Å². The van der Waals surface area contributed by atoms with Crippen LogP contribution in [-0.2, 0) is 4.79 Å². The molecule has 0 fully saturated rings. The number of unbranched alkanes of at least 4 members (excludes halogenated alkanes) is 3. The van der Waals surface area contributed by atoms with Gasteiger partial charge in [-0.2, -0.15) is 0 Å². The van der Waals surface area contributed by atoms with Gasteiger partial charge in [0.15, 0.2) is 5.78 Å². The standard InChI is InChI=1S/C16H28O3/c1-4-7-8-9-10-15(18)16(19)11-14(17)12(5-2)13(16)6-3/h15,18-19H,4-11H2,1-3H3/t15-,16-/m1/s1. The molecule has 0 bridgehead atoms. The number of Topliss-reactive ketones (excluding diaryl/α,β-unsaturated/α-hetero) is 1. The van der Waals surface area contributed by atoms with Gasteiger partial charge in [-0.3, -0.25) is 4.79 Å². The van der Waals surface area contributed by atoms with Crippen LogP contribution in [0.4, 0.5) is 0 Å². The molecule has 2 atom stereocenters. The molecule has 1 aliphatic rings. The molecule has 2 N–H and O–H groups in total. The van der Waals surface area contributed by atoms with Gasteiger partial charge in [-0.15, -0.1) is 0 Å². The molecule has 0 unspecified atom stereocenters. The molecular formula is C16H28O3. The van der Waals surface area contributed by atoms with E-state index < -0.39 is 11.7 Å². The van der Waals surface area contributed by atoms with Gasteiger partial charge >= 0.3 is 0 Å². The molecule has 0 heterocycles. The Bertz CT molecular complexity index is 346. The fourth-order valence-electron chi connectivity index (χ4n) is 3.14. The largest absolute Gasteiger partial charge is 0.390 e. The van der Waals surface area contributed by atoms with Crippen LogP contribution in [-0.4, -0.2) is 27.7 Å². The second-order valence-electron chi connectivity index (χ2n) is 5.55. The van der Waals surface area contributed by atoms with Crippen LogP contribution in [0.15, 0.2) is 11.1 Å². The maximum absolute atomic E-state index is 11.9. The summed E-state index contributed by atoms with van der Waals surface area (Å²) in [5.41, 5.74) is 0.198. The first-order chi connectivity index (χ1) is 9.01. The predicted octanol–water partition coefficient (Wildman–Crippen LogP) is 3.14. The molecule has 0 saturated heterocycles. The van der Waals surface area contributed by atoms with E-state index in [4.69, 9.17) is 0 Å². The average Bonchev–Trinajstić information content (AvgIpc) is 2.65. The number of carbonyl (C=O) groups is 1. The van der Waals surface area contributed by atoms with Gasteiger partial charge in [0.2, 0.25) is 0 Å². The highest BCUT2D eigenvalue weighted by atomic mass is 16.3. The number of carbonyl (C=O) groups excluding carboxylic acids is 1. The summed E-state index contributed by atoms with van der Waals surface area (Å²) < 4.78 is 0. The first kappa shape index (κ1) is 16.4. The highest BCUT2D eigenvalue weighted by Crippen LogP contribution is 2.40. The number of aliphatic hydroxyl groups is 2. The Hall–Kier alpha value is -0.670. The monoisotopic (exact) mass is 268 g/mol. The first-order valence-corrected chi connectivity index (χ1v) is 7.67. The van der Waals surface area contributed by atoms with Gasteiger partial charge in [0.05, 0.1) is 6.10 Å². The van der Waals surface area contributed by atoms with Crippen molar-refractivity contribution in [1.29, 1.82) is 0 Å². The minimum atomic E-state index is -1.30. The summed E-state index contributed by atoms with van der Waals surface area (Å²) in [5.74, 6) is 0.00876. The Morgan fingerprint density at radius 1 is 1.16 bits per heavy atom. The van der Waals surface area contributed by atoms with Crippen molar-refractivity contribution in [2.24, 2.45) is 0 Å². The van der Waals surface area contributed by atoms with Crippen LogP contribution in [0.3, 0.4) is 0 Å². The van der Waals surface area contributed by atoms with Gasteiger partial charge in [0.1, 0.15) is 5.60 Å². The second kappa shape index (κ2) is 7.20. The molecule has 0 amide bonds. The zero-order chi connectivity index (χ0) is 14.5. The zero-order valence-corrected chi connectivity index (χ0v) is 12.5. The van der Waals surface area contributed by atoms with Gasteiger partial charge in [-0.05, 0) is 30.4 Å². The third-order valence-electron chi connectivity index (χ3n) is 4.24. The van der Waals surface area contributed by atoms with Crippen LogP contribution in [0.1, 0.15) is 72.1 Å². The summed E-state index contributed by atoms with van der Waals surface area (Å²) in [4.78, 5) is 11.9. The average molecular weight is 268 g/mol. The molecule has 0 aromatic heterocycles. The molecule has 3 nitrogen and oxygen atoms in total. The van der Waals surface area contributed by atoms with Crippen LogP contribution >= 0.6 is 0 Å². The number of hydrogen-bond donors (Lipinski definition) is 2. The van der Waals surface area contributed by atoms with Crippen LogP contribution < -0.4 is 0 Å². The van der Waals surface area contributed by atoms with Crippen molar-refractivity contribution in [3.8, 4) is 0 Å². The lowest BCUT2D eigenvalue weighted by Crippen LogP contribution is -2.42. The highest BCUT2D eigenvalue weighted by Gasteiger charge is 2.46. The zero-order valence-electron chi connectivity index (χ0n) is 12.5. The lowest BCUT2D eigenvalue weighted by atomic mass is 9.84. The van der Waals surface area contributed by atoms with E-state index in [0.29, 0.717) is 19.3 Å². The fraction of sp³-hybridized carbons (Fsp3) is 0.812. The van der Waals surface area contributed by atoms with Gasteiger partial charge < -0.3 is 10.2 Å². The molecule has 19 heavy (non-hydrogen) atoms. The van der Waals surface area contributed by atoms with Crippen LogP contribution in [0.2, 0.25) is 0 Å². The van der Waals surface area contributed by atoms with E-state index in [-0.39, 0.29) is 12.2 Å². The molecule has 0 aromatic rings. The van der Waals surface area contributed by atoms with E-state index in [2.05, 4.69) is 6.92 Å². The summed E-state index contributed by atoms with van der Waals surface area (Å²) in [6.45, 7) is 6.02. The van der Waals surface area contributed by atoms with E-state index in [0.717, 1.165) is 36.8 Å². The summed E-state index contributed by atoms with van der Waals surface area (Å²) in [6.07, 6.45) is 5.39. The number of hydrogen-bond acceptors (Lipinski definition) is 3. The van der Waals surface area contributed by atoms with Crippen LogP contribution in [0.25, 0.3) is 0 Å². The minimum Gasteiger partial charge on any atom is -0.390 e. The van der Waals surface area contributed by atoms with Crippen molar-refractivity contribution < 1.29 is 15.0 Å². The SMILES string of the molecule is CCCCCC[C@@H](O)[C@@]1(O)CC(=O)C(CC)=C1CC. The number of rotatable bonds is 8. The lowest BCUT2D eigenvalue weighted by Gasteiger charge is -2.31. The molecule has 110 valence electrons. The third kappa shape index (κ3) is 3.46. The van der Waals surface area contributed by atoms with Crippen molar-refractivity contribution in [1.82, 2.24) is 0 Å². The molecule has 1 rings (SSSR count). The van der Waals surface area contributed by atoms with Crippen molar-refractivity contribution in [3.63, 3.8) is 0 Å². The van der Waals surface area contributed by atoms with E-state index in [1.165, 1.54) is 0 Å². The van der Waals surface area contributed by atoms with E-state index in [9.17, 15) is 15.0 Å². The summed E-state index contributed by atoms with van der Waals surface area (Å²) in [5, 5.41) is 21.0. The van der Waals surface area contributed by atoms with Crippen molar-refractivity contribution in [3.05, 3.63) is 11.1 Å². The van der Waals surface area contributed by atoms with Gasteiger partial charge in [0, 0.05) is 6.42 Å². The van der Waals surface area contributed by atoms with Crippen molar-refractivity contribution in [2.45, 2.75) is 83.8 Å². The summed E-state index contributed by atoms with van der Waals surface area (Å²) in [6, 6.07) is 0. The lowest BCUT2D eigenvalue weighted by molar-refractivity contribution is -0.121. The van der Waals surface area contributed by atoms with Gasteiger partial charge in [-0.25, -0.2) is 0 Å². The van der Waals surface area contributed by atoms with Gasteiger partial charge in [-0.1, -0.05) is 46.5 Å². The molecule has 0 radical (unpaired) electrons. The van der Waals surface area contributed by atoms with E-state index in [1.807, 2.05) is 13.8 Å². The van der Waals surface area contributed by atoms with Crippen LogP contribution in [0, 0.1) is 0 Å². The first-order valence-electron chi connectivity index (χ1n) is 7.67. The highest BCUT2D eigenvalue weighted by molar-refractivity contribution is 6.00. The topological polar surface area (TPSA) is 57.5 Å². The van der Waals surface area contributed by atoms with E-state index >= 15 is 0 Å². The molecule has 1 aliphatic carbocycles. The Kier molecular flexibility index (Phi) is 6.21. The smallest absolute Gasteiger partial charge is 0.162 e. The van der Waals surface area contributed by atoms with Gasteiger partial charge in [0.25, 0.3) is 0 Å². The van der Waals surface area contributed by atoms with Crippen LogP contribution in [0.5, 0.6) is 0 Å².